The van der Waals surface area contributed by atoms with Gasteiger partial charge in [-0.1, -0.05) is 42.5 Å². The lowest BCUT2D eigenvalue weighted by Crippen LogP contribution is -2.01. The summed E-state index contributed by atoms with van der Waals surface area (Å²) in [6, 6.07) is 18.5. The van der Waals surface area contributed by atoms with E-state index in [1.165, 1.54) is 0 Å². The van der Waals surface area contributed by atoms with Crippen molar-refractivity contribution < 1.29 is 14.6 Å². The Morgan fingerprint density at radius 2 is 1.85 bits per heavy atom. The number of nitrogens with zero attached hydrogens (tertiary/aromatic N) is 2. The Morgan fingerprint density at radius 3 is 2.59 bits per heavy atom. The highest BCUT2D eigenvalue weighted by molar-refractivity contribution is 6.08. The maximum atomic E-state index is 12.0. The van der Waals surface area contributed by atoms with Crippen LogP contribution in [0.25, 0.3) is 33.5 Å². The zero-order valence-corrected chi connectivity index (χ0v) is 14.6. The number of pyridine rings is 1. The van der Waals surface area contributed by atoms with Crippen LogP contribution in [0.15, 0.2) is 60.7 Å². The Morgan fingerprint density at radius 1 is 1.11 bits per heavy atom. The van der Waals surface area contributed by atoms with Crippen LogP contribution in [-0.4, -0.2) is 32.9 Å². The average Bonchev–Trinajstić information content (AvgIpc) is 3.12. The lowest BCUT2D eigenvalue weighted by molar-refractivity contribution is 0.0699. The zero-order valence-electron chi connectivity index (χ0n) is 14.6. The Labute approximate surface area is 155 Å². The number of hydrogen-bond donors (Lipinski definition) is 2. The summed E-state index contributed by atoms with van der Waals surface area (Å²) in [5.74, 6) is -0.377. The van der Waals surface area contributed by atoms with E-state index in [2.05, 4.69) is 15.2 Å². The highest BCUT2D eigenvalue weighted by Gasteiger charge is 2.20. The molecule has 2 N–H and O–H groups in total. The molecule has 0 saturated carbocycles. The number of rotatable bonds is 5. The third-order valence-corrected chi connectivity index (χ3v) is 4.28. The maximum absolute atomic E-state index is 12.0. The molecule has 0 aliphatic carbocycles. The molecule has 6 nitrogen and oxygen atoms in total. The van der Waals surface area contributed by atoms with Crippen LogP contribution in [0.1, 0.15) is 17.3 Å². The first kappa shape index (κ1) is 16.8. The molecule has 0 fully saturated rings. The van der Waals surface area contributed by atoms with Crippen LogP contribution in [0.5, 0.6) is 5.75 Å². The molecule has 134 valence electrons. The fraction of sp³-hybridized carbons (Fsp3) is 0.0952. The van der Waals surface area contributed by atoms with Crippen LogP contribution >= 0.6 is 0 Å². The first-order valence-corrected chi connectivity index (χ1v) is 8.59. The van der Waals surface area contributed by atoms with E-state index in [0.29, 0.717) is 34.8 Å². The van der Waals surface area contributed by atoms with Gasteiger partial charge in [0.15, 0.2) is 5.65 Å². The summed E-state index contributed by atoms with van der Waals surface area (Å²) in [5.41, 5.74) is 3.24. The lowest BCUT2D eigenvalue weighted by Gasteiger charge is -2.10. The summed E-state index contributed by atoms with van der Waals surface area (Å²) in [6.07, 6.45) is 0. The van der Waals surface area contributed by atoms with Gasteiger partial charge in [-0.25, -0.2) is 9.78 Å². The molecular formula is C21H17N3O3. The first-order chi connectivity index (χ1) is 13.2. The molecule has 0 atom stereocenters. The molecule has 0 aliphatic heterocycles. The number of carbonyl (C=O) groups is 1. The number of aromatic carboxylic acids is 1. The molecule has 0 bridgehead atoms. The quantitative estimate of drug-likeness (QED) is 0.552. The molecule has 4 rings (SSSR count). The molecule has 0 amide bonds. The van der Waals surface area contributed by atoms with E-state index in [4.69, 9.17) is 4.74 Å². The minimum atomic E-state index is -1.03. The number of benzene rings is 2. The van der Waals surface area contributed by atoms with Crippen molar-refractivity contribution in [3.8, 4) is 28.3 Å². The number of aromatic nitrogens is 3. The molecule has 2 heterocycles. The van der Waals surface area contributed by atoms with E-state index in [1.807, 2.05) is 61.5 Å². The largest absolute Gasteiger partial charge is 0.493 e. The van der Waals surface area contributed by atoms with Crippen LogP contribution in [0.2, 0.25) is 0 Å². The summed E-state index contributed by atoms with van der Waals surface area (Å²) in [5, 5.41) is 17.5. The van der Waals surface area contributed by atoms with Gasteiger partial charge in [-0.15, -0.1) is 0 Å². The van der Waals surface area contributed by atoms with E-state index in [-0.39, 0.29) is 5.56 Å². The standard InChI is InChI=1S/C21H17N3O3/c1-2-27-17-11-7-6-10-14(17)16-12-15(21(25)26)18-19(23-24-20(18)22-16)13-8-4-3-5-9-13/h3-12H,2H2,1H3,(H,25,26)(H,22,23,24). The summed E-state index contributed by atoms with van der Waals surface area (Å²) in [6.45, 7) is 2.40. The Hall–Kier alpha value is -3.67. The third-order valence-electron chi connectivity index (χ3n) is 4.28. The molecule has 0 spiro atoms. The van der Waals surface area contributed by atoms with Gasteiger partial charge in [0.2, 0.25) is 0 Å². The van der Waals surface area contributed by atoms with Crippen LogP contribution in [-0.2, 0) is 0 Å². The topological polar surface area (TPSA) is 88.1 Å². The van der Waals surface area contributed by atoms with Crippen molar-refractivity contribution in [2.75, 3.05) is 6.61 Å². The summed E-state index contributed by atoms with van der Waals surface area (Å²) < 4.78 is 5.66. The number of H-pyrrole nitrogens is 1. The Kier molecular flexibility index (Phi) is 4.30. The molecule has 0 saturated heterocycles. The molecule has 0 unspecified atom stereocenters. The second-order valence-corrected chi connectivity index (χ2v) is 5.95. The van der Waals surface area contributed by atoms with Crippen molar-refractivity contribution in [1.82, 2.24) is 15.2 Å². The highest BCUT2D eigenvalue weighted by atomic mass is 16.5. The van der Waals surface area contributed by atoms with Crippen LogP contribution < -0.4 is 4.74 Å². The number of ether oxygens (including phenoxy) is 1. The SMILES string of the molecule is CCOc1ccccc1-c1cc(C(=O)O)c2c(-c3ccccc3)[nH]nc2n1. The van der Waals surface area contributed by atoms with E-state index >= 15 is 0 Å². The molecular weight excluding hydrogens is 342 g/mol. The van der Waals surface area contributed by atoms with Crippen LogP contribution in [0, 0.1) is 0 Å². The van der Waals surface area contributed by atoms with Gasteiger partial charge in [-0.3, -0.25) is 5.10 Å². The van der Waals surface area contributed by atoms with Crippen molar-refractivity contribution in [2.45, 2.75) is 6.92 Å². The van der Waals surface area contributed by atoms with Gasteiger partial charge in [-0.05, 0) is 25.1 Å². The molecule has 2 aromatic carbocycles. The highest BCUT2D eigenvalue weighted by Crippen LogP contribution is 2.34. The molecule has 0 aliphatic rings. The average molecular weight is 359 g/mol. The smallest absolute Gasteiger partial charge is 0.336 e. The molecule has 2 aromatic heterocycles. The minimum Gasteiger partial charge on any atom is -0.493 e. The molecule has 6 heteroatoms. The van der Waals surface area contributed by atoms with E-state index in [0.717, 1.165) is 11.1 Å². The van der Waals surface area contributed by atoms with E-state index in [1.54, 1.807) is 6.07 Å². The number of para-hydroxylation sites is 1. The monoisotopic (exact) mass is 359 g/mol. The fourth-order valence-corrected chi connectivity index (χ4v) is 3.10. The summed E-state index contributed by atoms with van der Waals surface area (Å²) in [7, 11) is 0. The second-order valence-electron chi connectivity index (χ2n) is 5.95. The number of fused-ring (bicyclic) bond motifs is 1. The number of carboxylic acids is 1. The van der Waals surface area contributed by atoms with Crippen LogP contribution in [0.4, 0.5) is 0 Å². The molecule has 4 aromatic rings. The van der Waals surface area contributed by atoms with Gasteiger partial charge in [0, 0.05) is 11.1 Å². The van der Waals surface area contributed by atoms with Gasteiger partial charge in [-0.2, -0.15) is 5.10 Å². The van der Waals surface area contributed by atoms with Gasteiger partial charge < -0.3 is 9.84 Å². The lowest BCUT2D eigenvalue weighted by atomic mass is 10.0. The molecule has 0 radical (unpaired) electrons. The van der Waals surface area contributed by atoms with Crippen LogP contribution in [0.3, 0.4) is 0 Å². The number of aromatic amines is 1. The second kappa shape index (κ2) is 6.92. The van der Waals surface area contributed by atoms with E-state index in [9.17, 15) is 9.90 Å². The van der Waals surface area contributed by atoms with Gasteiger partial charge in [0.25, 0.3) is 0 Å². The van der Waals surface area contributed by atoms with Crippen molar-refractivity contribution in [1.29, 1.82) is 0 Å². The summed E-state index contributed by atoms with van der Waals surface area (Å²) >= 11 is 0. The number of nitrogens with one attached hydrogen (secondary N) is 1. The number of hydrogen-bond acceptors (Lipinski definition) is 4. The predicted octanol–water partition coefficient (Wildman–Crippen LogP) is 4.39. The van der Waals surface area contributed by atoms with Crippen molar-refractivity contribution in [2.24, 2.45) is 0 Å². The normalized spacial score (nSPS) is 10.9. The fourth-order valence-electron chi connectivity index (χ4n) is 3.10. The maximum Gasteiger partial charge on any atom is 0.336 e. The first-order valence-electron chi connectivity index (χ1n) is 8.59. The predicted molar refractivity (Wildman–Crippen MR) is 103 cm³/mol. The Bertz CT molecular complexity index is 1120. The van der Waals surface area contributed by atoms with Crippen molar-refractivity contribution in [3.63, 3.8) is 0 Å². The van der Waals surface area contributed by atoms with Crippen molar-refractivity contribution >= 4 is 17.0 Å². The molecule has 27 heavy (non-hydrogen) atoms. The third kappa shape index (κ3) is 3.01. The zero-order chi connectivity index (χ0) is 18.8. The minimum absolute atomic E-state index is 0.147. The Balaban J connectivity index is 1.96. The van der Waals surface area contributed by atoms with Gasteiger partial charge >= 0.3 is 5.97 Å². The van der Waals surface area contributed by atoms with Gasteiger partial charge in [0.1, 0.15) is 5.75 Å². The number of carboxylic acid groups (broad SMARTS) is 1. The summed E-state index contributed by atoms with van der Waals surface area (Å²) in [4.78, 5) is 16.6. The van der Waals surface area contributed by atoms with Crippen molar-refractivity contribution in [3.05, 3.63) is 66.2 Å². The van der Waals surface area contributed by atoms with E-state index < -0.39 is 5.97 Å². The van der Waals surface area contributed by atoms with Gasteiger partial charge in [0.05, 0.1) is 28.9 Å².